The predicted molar refractivity (Wildman–Crippen MR) is 97.2 cm³/mol. The molecule has 0 bridgehead atoms. The number of halogens is 4. The highest BCUT2D eigenvalue weighted by Gasteiger charge is 2.31. The second-order valence-electron chi connectivity index (χ2n) is 6.17. The highest BCUT2D eigenvalue weighted by Crippen LogP contribution is 2.31. The van der Waals surface area contributed by atoms with Crippen molar-refractivity contribution in [3.05, 3.63) is 76.6 Å². The summed E-state index contributed by atoms with van der Waals surface area (Å²) in [6, 6.07) is 12.3. The number of amides is 1. The Morgan fingerprint density at radius 1 is 1.21 bits per heavy atom. The number of alkyl halides is 3. The highest BCUT2D eigenvalue weighted by molar-refractivity contribution is 6.01. The largest absolute Gasteiger partial charge is 0.416 e. The fourth-order valence-electron chi connectivity index (χ4n) is 2.71. The summed E-state index contributed by atoms with van der Waals surface area (Å²) >= 11 is 0. The molecule has 0 spiro atoms. The van der Waals surface area contributed by atoms with Gasteiger partial charge in [0.25, 0.3) is 5.91 Å². The third kappa shape index (κ3) is 5.68. The quantitative estimate of drug-likeness (QED) is 0.407. The van der Waals surface area contributed by atoms with Gasteiger partial charge in [0.2, 0.25) is 0 Å². The summed E-state index contributed by atoms with van der Waals surface area (Å²) in [4.78, 5) is 12.5. The first-order chi connectivity index (χ1) is 13.2. The van der Waals surface area contributed by atoms with Gasteiger partial charge in [0.15, 0.2) is 0 Å². The molecule has 7 heteroatoms. The SMILES string of the molecule is CCC[C@H](NC(=O)C(C#N)=Cc1cc(F)cc(C(F)(F)F)c1)c1ccccc1. The lowest BCUT2D eigenvalue weighted by Gasteiger charge is -2.18. The Labute approximate surface area is 160 Å². The van der Waals surface area contributed by atoms with Gasteiger partial charge in [0.05, 0.1) is 11.6 Å². The number of rotatable bonds is 6. The first-order valence-corrected chi connectivity index (χ1v) is 8.60. The number of hydrogen-bond donors (Lipinski definition) is 1. The van der Waals surface area contributed by atoms with Crippen molar-refractivity contribution in [2.75, 3.05) is 0 Å². The maximum absolute atomic E-state index is 13.5. The topological polar surface area (TPSA) is 52.9 Å². The lowest BCUT2D eigenvalue weighted by Crippen LogP contribution is -2.29. The van der Waals surface area contributed by atoms with E-state index in [1.54, 1.807) is 6.07 Å². The van der Waals surface area contributed by atoms with Crippen molar-refractivity contribution < 1.29 is 22.4 Å². The van der Waals surface area contributed by atoms with Gasteiger partial charge in [-0.05, 0) is 41.8 Å². The van der Waals surface area contributed by atoms with Gasteiger partial charge in [0, 0.05) is 0 Å². The van der Waals surface area contributed by atoms with Crippen LogP contribution in [0, 0.1) is 17.1 Å². The van der Waals surface area contributed by atoms with Crippen LogP contribution in [0.1, 0.15) is 42.5 Å². The zero-order chi connectivity index (χ0) is 20.7. The molecule has 2 aromatic carbocycles. The summed E-state index contributed by atoms with van der Waals surface area (Å²) < 4.78 is 52.0. The van der Waals surface area contributed by atoms with Crippen LogP contribution in [0.25, 0.3) is 6.08 Å². The molecule has 0 fully saturated rings. The van der Waals surface area contributed by atoms with Gasteiger partial charge >= 0.3 is 6.18 Å². The van der Waals surface area contributed by atoms with Crippen LogP contribution in [0.3, 0.4) is 0 Å². The van der Waals surface area contributed by atoms with Crippen LogP contribution in [0.5, 0.6) is 0 Å². The molecule has 2 rings (SSSR count). The molecule has 0 aliphatic heterocycles. The van der Waals surface area contributed by atoms with E-state index in [-0.39, 0.29) is 11.6 Å². The number of nitrogens with one attached hydrogen (secondary N) is 1. The van der Waals surface area contributed by atoms with Crippen molar-refractivity contribution in [3.63, 3.8) is 0 Å². The van der Waals surface area contributed by atoms with E-state index in [4.69, 9.17) is 0 Å². The molecule has 3 nitrogen and oxygen atoms in total. The van der Waals surface area contributed by atoms with E-state index in [2.05, 4.69) is 5.32 Å². The predicted octanol–water partition coefficient (Wildman–Crippen LogP) is 5.41. The van der Waals surface area contributed by atoms with Crippen molar-refractivity contribution in [2.24, 2.45) is 0 Å². The van der Waals surface area contributed by atoms with Gasteiger partial charge < -0.3 is 5.32 Å². The lowest BCUT2D eigenvalue weighted by atomic mass is 10.0. The Kier molecular flexibility index (Phi) is 6.94. The number of benzene rings is 2. The minimum absolute atomic E-state index is 0.217. The van der Waals surface area contributed by atoms with E-state index in [0.717, 1.165) is 24.1 Å². The van der Waals surface area contributed by atoms with E-state index in [1.165, 1.54) is 0 Å². The molecule has 0 unspecified atom stereocenters. The van der Waals surface area contributed by atoms with Gasteiger partial charge in [-0.3, -0.25) is 4.79 Å². The molecule has 0 radical (unpaired) electrons. The van der Waals surface area contributed by atoms with Crippen LogP contribution < -0.4 is 5.32 Å². The second-order valence-corrected chi connectivity index (χ2v) is 6.17. The number of nitrogens with zero attached hydrogens (tertiary/aromatic N) is 1. The average Bonchev–Trinajstić information content (AvgIpc) is 2.65. The Morgan fingerprint density at radius 2 is 1.89 bits per heavy atom. The van der Waals surface area contributed by atoms with E-state index < -0.39 is 29.0 Å². The molecule has 0 aliphatic rings. The Hall–Kier alpha value is -3.14. The first-order valence-electron chi connectivity index (χ1n) is 8.60. The third-order valence-corrected chi connectivity index (χ3v) is 4.01. The molecule has 0 saturated heterocycles. The summed E-state index contributed by atoms with van der Waals surface area (Å²) in [7, 11) is 0. The van der Waals surface area contributed by atoms with Crippen LogP contribution in [0.15, 0.2) is 54.1 Å². The standard InChI is InChI=1S/C21H18F4N2O/c1-2-6-19(15-7-4-3-5-8-15)27-20(28)16(13-26)9-14-10-17(21(23,24)25)12-18(22)11-14/h3-5,7-12,19H,2,6H2,1H3,(H,27,28)/t19-/m0/s1. The number of carbonyl (C=O) groups is 1. The fourth-order valence-corrected chi connectivity index (χ4v) is 2.71. The third-order valence-electron chi connectivity index (χ3n) is 4.01. The van der Waals surface area contributed by atoms with Gasteiger partial charge in [-0.1, -0.05) is 43.7 Å². The van der Waals surface area contributed by atoms with Gasteiger partial charge in [-0.15, -0.1) is 0 Å². The van der Waals surface area contributed by atoms with E-state index in [9.17, 15) is 27.6 Å². The maximum Gasteiger partial charge on any atom is 0.416 e. The van der Waals surface area contributed by atoms with Crippen molar-refractivity contribution in [3.8, 4) is 6.07 Å². The molecule has 1 N–H and O–H groups in total. The molecule has 146 valence electrons. The Balaban J connectivity index is 2.30. The molecular formula is C21H18F4N2O. The van der Waals surface area contributed by atoms with Crippen LogP contribution in [-0.2, 0) is 11.0 Å². The molecule has 2 aromatic rings. The minimum atomic E-state index is -4.74. The fraction of sp³-hybridized carbons (Fsp3) is 0.238. The maximum atomic E-state index is 13.5. The molecule has 0 heterocycles. The van der Waals surface area contributed by atoms with Crippen LogP contribution in [-0.4, -0.2) is 5.91 Å². The molecule has 1 atom stereocenters. The normalized spacial score (nSPS) is 12.9. The van der Waals surface area contributed by atoms with Crippen molar-refractivity contribution in [2.45, 2.75) is 32.0 Å². The molecule has 1 amide bonds. The van der Waals surface area contributed by atoms with Crippen LogP contribution >= 0.6 is 0 Å². The van der Waals surface area contributed by atoms with E-state index >= 15 is 0 Å². The van der Waals surface area contributed by atoms with Gasteiger partial charge in [-0.25, -0.2) is 4.39 Å². The monoisotopic (exact) mass is 390 g/mol. The first kappa shape index (κ1) is 21.2. The Morgan fingerprint density at radius 3 is 2.46 bits per heavy atom. The summed E-state index contributed by atoms with van der Waals surface area (Å²) in [5.41, 5.74) is -0.966. The Bertz CT molecular complexity index is 899. The summed E-state index contributed by atoms with van der Waals surface area (Å²) in [6.45, 7) is 1.94. The molecule has 28 heavy (non-hydrogen) atoms. The summed E-state index contributed by atoms with van der Waals surface area (Å²) in [5.74, 6) is -1.84. The van der Waals surface area contributed by atoms with Crippen molar-refractivity contribution >= 4 is 12.0 Å². The average molecular weight is 390 g/mol. The van der Waals surface area contributed by atoms with E-state index in [1.807, 2.05) is 37.3 Å². The van der Waals surface area contributed by atoms with Gasteiger partial charge in [0.1, 0.15) is 17.5 Å². The summed E-state index contributed by atoms with van der Waals surface area (Å²) in [5, 5.41) is 12.0. The molecule has 0 saturated carbocycles. The zero-order valence-corrected chi connectivity index (χ0v) is 15.1. The lowest BCUT2D eigenvalue weighted by molar-refractivity contribution is -0.137. The van der Waals surface area contributed by atoms with Crippen molar-refractivity contribution in [1.29, 1.82) is 5.26 Å². The highest BCUT2D eigenvalue weighted by atomic mass is 19.4. The summed E-state index contributed by atoms with van der Waals surface area (Å²) in [6.07, 6.45) is -2.40. The number of nitriles is 1. The molecular weight excluding hydrogens is 372 g/mol. The molecule has 0 aromatic heterocycles. The minimum Gasteiger partial charge on any atom is -0.345 e. The van der Waals surface area contributed by atoms with Crippen molar-refractivity contribution in [1.82, 2.24) is 5.32 Å². The number of carbonyl (C=O) groups excluding carboxylic acids is 1. The van der Waals surface area contributed by atoms with Gasteiger partial charge in [-0.2, -0.15) is 18.4 Å². The second kappa shape index (κ2) is 9.18. The van der Waals surface area contributed by atoms with Crippen LogP contribution in [0.4, 0.5) is 17.6 Å². The molecule has 0 aliphatic carbocycles. The number of hydrogen-bond acceptors (Lipinski definition) is 2. The van der Waals surface area contributed by atoms with E-state index in [0.29, 0.717) is 18.6 Å². The van der Waals surface area contributed by atoms with Crippen LogP contribution in [0.2, 0.25) is 0 Å². The smallest absolute Gasteiger partial charge is 0.345 e. The zero-order valence-electron chi connectivity index (χ0n) is 15.1.